The van der Waals surface area contributed by atoms with Crippen LogP contribution in [0.25, 0.3) is 31.8 Å². The Balaban J connectivity index is 1.51. The molecule has 5 rings (SSSR count). The Kier molecular flexibility index (Phi) is 6.71. The summed E-state index contributed by atoms with van der Waals surface area (Å²) >= 11 is 1.43. The van der Waals surface area contributed by atoms with Gasteiger partial charge in [0.05, 0.1) is 23.8 Å². The van der Waals surface area contributed by atoms with Crippen LogP contribution in [-0.2, 0) is 6.54 Å². The van der Waals surface area contributed by atoms with E-state index in [1.54, 1.807) is 23.1 Å². The number of benzene rings is 2. The van der Waals surface area contributed by atoms with Gasteiger partial charge in [0.1, 0.15) is 11.5 Å². The summed E-state index contributed by atoms with van der Waals surface area (Å²) in [5.41, 5.74) is 2.99. The van der Waals surface area contributed by atoms with E-state index in [2.05, 4.69) is 37.4 Å². The molecule has 3 aromatic heterocycles. The van der Waals surface area contributed by atoms with Crippen LogP contribution in [0.4, 0.5) is 14.7 Å². The van der Waals surface area contributed by atoms with E-state index in [0.717, 1.165) is 26.8 Å². The van der Waals surface area contributed by atoms with Crippen LogP contribution in [0.5, 0.6) is 0 Å². The Labute approximate surface area is 211 Å². The molecule has 184 valence electrons. The molecular weight excluding hydrogens is 480 g/mol. The molecular formula is C26H25F2N7S. The molecule has 0 amide bonds. The van der Waals surface area contributed by atoms with Gasteiger partial charge in [-0.15, -0.1) is 16.4 Å². The van der Waals surface area contributed by atoms with Gasteiger partial charge in [0.15, 0.2) is 5.82 Å². The first-order valence-electron chi connectivity index (χ1n) is 11.5. The van der Waals surface area contributed by atoms with Crippen molar-refractivity contribution in [3.05, 3.63) is 78.3 Å². The van der Waals surface area contributed by atoms with Crippen molar-refractivity contribution in [2.45, 2.75) is 19.5 Å². The molecule has 1 atom stereocenters. The van der Waals surface area contributed by atoms with Crippen molar-refractivity contribution in [1.82, 2.24) is 29.9 Å². The molecule has 7 nitrogen and oxygen atoms in total. The lowest BCUT2D eigenvalue weighted by Gasteiger charge is -2.23. The largest absolute Gasteiger partial charge is 0.352 e. The molecule has 36 heavy (non-hydrogen) atoms. The molecule has 3 heterocycles. The summed E-state index contributed by atoms with van der Waals surface area (Å²) in [5, 5.41) is 11.7. The van der Waals surface area contributed by atoms with E-state index >= 15 is 0 Å². The average molecular weight is 506 g/mol. The Hall–Kier alpha value is -3.76. The highest BCUT2D eigenvalue weighted by Gasteiger charge is 2.19. The minimum atomic E-state index is -0.502. The maximum absolute atomic E-state index is 14.8. The highest BCUT2D eigenvalue weighted by Crippen LogP contribution is 2.41. The van der Waals surface area contributed by atoms with E-state index < -0.39 is 5.82 Å². The van der Waals surface area contributed by atoms with Crippen molar-refractivity contribution in [2.75, 3.05) is 26.0 Å². The van der Waals surface area contributed by atoms with E-state index in [1.165, 1.54) is 23.6 Å². The zero-order valence-corrected chi connectivity index (χ0v) is 20.9. The predicted molar refractivity (Wildman–Crippen MR) is 139 cm³/mol. The minimum Gasteiger partial charge on any atom is -0.352 e. The topological polar surface area (TPSA) is 71.8 Å². The molecule has 0 aliphatic heterocycles. The van der Waals surface area contributed by atoms with Gasteiger partial charge in [0.2, 0.25) is 5.95 Å². The molecule has 0 saturated heterocycles. The second-order valence-electron chi connectivity index (χ2n) is 8.69. The molecule has 5 aromatic rings. The van der Waals surface area contributed by atoms with Gasteiger partial charge in [-0.1, -0.05) is 29.5 Å². The van der Waals surface area contributed by atoms with Crippen LogP contribution < -0.4 is 5.32 Å². The molecule has 2 aromatic carbocycles. The van der Waals surface area contributed by atoms with Crippen LogP contribution >= 0.6 is 11.3 Å². The highest BCUT2D eigenvalue weighted by atomic mass is 32.1. The lowest BCUT2D eigenvalue weighted by atomic mass is 9.94. The van der Waals surface area contributed by atoms with Crippen molar-refractivity contribution >= 4 is 27.4 Å². The van der Waals surface area contributed by atoms with Gasteiger partial charge < -0.3 is 10.2 Å². The fourth-order valence-corrected chi connectivity index (χ4v) is 5.23. The van der Waals surface area contributed by atoms with Gasteiger partial charge in [-0.25, -0.2) is 18.7 Å². The van der Waals surface area contributed by atoms with E-state index in [9.17, 15) is 8.78 Å². The van der Waals surface area contributed by atoms with Crippen LogP contribution in [0.3, 0.4) is 0 Å². The number of halogens is 2. The van der Waals surface area contributed by atoms with Gasteiger partial charge in [-0.3, -0.25) is 4.68 Å². The lowest BCUT2D eigenvalue weighted by Crippen LogP contribution is -2.17. The Bertz CT molecular complexity index is 1500. The van der Waals surface area contributed by atoms with Crippen LogP contribution in [0.1, 0.15) is 18.5 Å². The third-order valence-corrected chi connectivity index (χ3v) is 7.34. The summed E-state index contributed by atoms with van der Waals surface area (Å²) in [7, 11) is 3.99. The van der Waals surface area contributed by atoms with Crippen molar-refractivity contribution in [1.29, 1.82) is 0 Å². The predicted octanol–water partition coefficient (Wildman–Crippen LogP) is 5.63. The van der Waals surface area contributed by atoms with Crippen molar-refractivity contribution in [2.24, 2.45) is 0 Å². The fourth-order valence-electron chi connectivity index (χ4n) is 4.06. The maximum Gasteiger partial charge on any atom is 0.223 e. The van der Waals surface area contributed by atoms with E-state index in [4.69, 9.17) is 0 Å². The average Bonchev–Trinajstić information content (AvgIpc) is 3.54. The van der Waals surface area contributed by atoms with Crippen LogP contribution in [0.2, 0.25) is 0 Å². The number of nitrogens with one attached hydrogen (secondary N) is 1. The number of rotatable bonds is 8. The van der Waals surface area contributed by atoms with E-state index in [0.29, 0.717) is 23.9 Å². The van der Waals surface area contributed by atoms with Gasteiger partial charge in [-0.05, 0) is 61.3 Å². The standard InChI is InChI=1S/C26H25F2N7S/c1-16(34(2)3)19-8-7-18(27)14-21(19)20-6-4-5-17-13-23(36-25(17)20)24-22(28)15-30-26(32-24)29-9-11-35-12-10-31-33-35/h4-8,10,12-16H,9,11H2,1-3H3,(H,29,30,32). The first-order chi connectivity index (χ1) is 17.4. The first kappa shape index (κ1) is 24.0. The normalized spacial score (nSPS) is 12.4. The van der Waals surface area contributed by atoms with E-state index in [-0.39, 0.29) is 17.6 Å². The fraction of sp³-hybridized carbons (Fsp3) is 0.231. The SMILES string of the molecule is CC(c1ccc(F)cc1-c1cccc2cc(-c3nc(NCCn4ccnn4)ncc3F)sc12)N(C)C. The van der Waals surface area contributed by atoms with Crippen LogP contribution in [0, 0.1) is 11.6 Å². The third kappa shape index (κ3) is 4.82. The first-order valence-corrected chi connectivity index (χ1v) is 12.3. The zero-order valence-electron chi connectivity index (χ0n) is 20.1. The van der Waals surface area contributed by atoms with Crippen molar-refractivity contribution in [3.63, 3.8) is 0 Å². The molecule has 0 bridgehead atoms. The Morgan fingerprint density at radius 3 is 2.75 bits per heavy atom. The second-order valence-corrected chi connectivity index (χ2v) is 9.74. The smallest absolute Gasteiger partial charge is 0.223 e. The number of fused-ring (bicyclic) bond motifs is 1. The molecule has 1 N–H and O–H groups in total. The van der Waals surface area contributed by atoms with Gasteiger partial charge in [0, 0.05) is 23.5 Å². The summed E-state index contributed by atoms with van der Waals surface area (Å²) in [4.78, 5) is 11.3. The zero-order chi connectivity index (χ0) is 25.2. The number of aromatic nitrogens is 5. The minimum absolute atomic E-state index is 0.0840. The summed E-state index contributed by atoms with van der Waals surface area (Å²) in [6, 6.07) is 12.8. The molecule has 10 heteroatoms. The maximum atomic E-state index is 14.8. The lowest BCUT2D eigenvalue weighted by molar-refractivity contribution is 0.321. The van der Waals surface area contributed by atoms with Crippen LogP contribution in [0.15, 0.2) is 61.1 Å². The van der Waals surface area contributed by atoms with Gasteiger partial charge in [-0.2, -0.15) is 0 Å². The monoisotopic (exact) mass is 505 g/mol. The number of hydrogen-bond donors (Lipinski definition) is 1. The summed E-state index contributed by atoms with van der Waals surface area (Å²) in [6.07, 6.45) is 4.54. The second kappa shape index (κ2) is 10.1. The molecule has 1 unspecified atom stereocenters. The molecule has 0 aliphatic carbocycles. The molecule has 0 aliphatic rings. The van der Waals surface area contributed by atoms with Gasteiger partial charge in [0.25, 0.3) is 0 Å². The van der Waals surface area contributed by atoms with Crippen molar-refractivity contribution in [3.8, 4) is 21.7 Å². The number of thiophene rings is 1. The quantitative estimate of drug-likeness (QED) is 0.295. The molecule has 0 spiro atoms. The third-order valence-electron chi connectivity index (χ3n) is 6.15. The highest BCUT2D eigenvalue weighted by molar-refractivity contribution is 7.22. The van der Waals surface area contributed by atoms with Crippen molar-refractivity contribution < 1.29 is 8.78 Å². The Morgan fingerprint density at radius 1 is 1.11 bits per heavy atom. The molecule has 0 radical (unpaired) electrons. The Morgan fingerprint density at radius 2 is 1.97 bits per heavy atom. The van der Waals surface area contributed by atoms with Crippen LogP contribution in [-0.4, -0.2) is 50.5 Å². The van der Waals surface area contributed by atoms with Gasteiger partial charge >= 0.3 is 0 Å². The number of anilines is 1. The molecule has 0 fully saturated rings. The number of nitrogens with zero attached hydrogens (tertiary/aromatic N) is 6. The summed E-state index contributed by atoms with van der Waals surface area (Å²) in [6.45, 7) is 3.17. The molecule has 0 saturated carbocycles. The summed E-state index contributed by atoms with van der Waals surface area (Å²) < 4.78 is 31.8. The number of hydrogen-bond acceptors (Lipinski definition) is 7. The van der Waals surface area contributed by atoms with E-state index in [1.807, 2.05) is 44.4 Å². The summed E-state index contributed by atoms with van der Waals surface area (Å²) in [5.74, 6) is -0.467.